The van der Waals surface area contributed by atoms with Gasteiger partial charge in [0.05, 0.1) is 0 Å². The average molecular weight is 479 g/mol. The molecule has 4 rings (SSSR count). The van der Waals surface area contributed by atoms with Gasteiger partial charge < -0.3 is 9.51 Å². The third-order valence-corrected chi connectivity index (χ3v) is 5.38. The summed E-state index contributed by atoms with van der Waals surface area (Å²) in [7, 11) is 0. The zero-order chi connectivity index (χ0) is 23.5. The molecule has 4 aromatic rings. The Morgan fingerprint density at radius 3 is 2.64 bits per heavy atom. The average Bonchev–Trinajstić information content (AvgIpc) is 3.39. The molecule has 0 unspecified atom stereocenters. The summed E-state index contributed by atoms with van der Waals surface area (Å²) in [6.07, 6.45) is 2.52. The summed E-state index contributed by atoms with van der Waals surface area (Å²) in [6, 6.07) is 3.57. The number of hydrogen-bond donors (Lipinski definition) is 1. The van der Waals surface area contributed by atoms with Gasteiger partial charge in [0.1, 0.15) is 0 Å². The summed E-state index contributed by atoms with van der Waals surface area (Å²) >= 11 is 5.93. The molecule has 0 atom stereocenters. The van der Waals surface area contributed by atoms with E-state index in [1.807, 2.05) is 6.92 Å². The van der Waals surface area contributed by atoms with E-state index >= 15 is 0 Å². The normalized spacial score (nSPS) is 11.5. The quantitative estimate of drug-likeness (QED) is 0.370. The van der Waals surface area contributed by atoms with E-state index in [0.717, 1.165) is 29.5 Å². The highest BCUT2D eigenvalue weighted by Crippen LogP contribution is 2.13. The monoisotopic (exact) mass is 478 g/mol. The molecular formula is C21H21ClF2N6O3. The Labute approximate surface area is 191 Å². The maximum atomic E-state index is 13.4. The SMILES string of the molecule is CCCCn1c(=O)n(CCCc2nc(Cc3ccc(F)c(F)c3)no2)c(=O)c2[nH]c(Cl)nc21. The van der Waals surface area contributed by atoms with Gasteiger partial charge in [0, 0.05) is 25.9 Å². The van der Waals surface area contributed by atoms with E-state index in [2.05, 4.69) is 20.1 Å². The molecule has 0 aliphatic heterocycles. The van der Waals surface area contributed by atoms with Crippen LogP contribution in [0, 0.1) is 11.6 Å². The van der Waals surface area contributed by atoms with Gasteiger partial charge in [-0.2, -0.15) is 9.97 Å². The molecule has 12 heteroatoms. The van der Waals surface area contributed by atoms with Gasteiger partial charge in [-0.15, -0.1) is 0 Å². The van der Waals surface area contributed by atoms with Crippen molar-refractivity contribution in [3.05, 3.63) is 73.2 Å². The lowest BCUT2D eigenvalue weighted by atomic mass is 10.1. The van der Waals surface area contributed by atoms with Gasteiger partial charge >= 0.3 is 5.69 Å². The molecule has 0 fully saturated rings. The number of fused-ring (bicyclic) bond motifs is 1. The first kappa shape index (κ1) is 22.8. The van der Waals surface area contributed by atoms with E-state index in [4.69, 9.17) is 16.1 Å². The Bertz CT molecular complexity index is 1410. The fourth-order valence-electron chi connectivity index (χ4n) is 3.54. The summed E-state index contributed by atoms with van der Waals surface area (Å²) in [6.45, 7) is 2.56. The molecule has 3 heterocycles. The number of benzene rings is 1. The number of hydrogen-bond acceptors (Lipinski definition) is 6. The first-order valence-electron chi connectivity index (χ1n) is 10.5. The van der Waals surface area contributed by atoms with Crippen LogP contribution in [0.15, 0.2) is 32.3 Å². The first-order chi connectivity index (χ1) is 15.9. The molecule has 0 amide bonds. The molecule has 0 bridgehead atoms. The van der Waals surface area contributed by atoms with Gasteiger partial charge in [-0.1, -0.05) is 24.6 Å². The molecule has 9 nitrogen and oxygen atoms in total. The molecule has 0 saturated heterocycles. The third kappa shape index (κ3) is 4.87. The predicted octanol–water partition coefficient (Wildman–Crippen LogP) is 3.22. The van der Waals surface area contributed by atoms with Crippen LogP contribution in [0.5, 0.6) is 0 Å². The number of nitrogens with one attached hydrogen (secondary N) is 1. The van der Waals surface area contributed by atoms with Crippen molar-refractivity contribution in [2.24, 2.45) is 0 Å². The first-order valence-corrected chi connectivity index (χ1v) is 10.9. The minimum absolute atomic E-state index is 0.0453. The standard InChI is InChI=1S/C21H21ClF2N6O3/c1-2-3-8-29-18-17(26-20(22)27-18)19(31)30(21(29)32)9-4-5-16-25-15(28-33-16)11-12-6-7-13(23)14(24)10-12/h6-7,10H,2-5,8-9,11H2,1H3,(H,26,27). The van der Waals surface area contributed by atoms with Crippen LogP contribution in [-0.2, 0) is 25.9 Å². The van der Waals surface area contributed by atoms with Crippen LogP contribution in [-0.4, -0.2) is 29.2 Å². The van der Waals surface area contributed by atoms with Crippen LogP contribution in [0.25, 0.3) is 11.2 Å². The lowest BCUT2D eigenvalue weighted by Crippen LogP contribution is -2.40. The molecule has 0 aliphatic carbocycles. The van der Waals surface area contributed by atoms with Crippen molar-refractivity contribution in [1.29, 1.82) is 0 Å². The van der Waals surface area contributed by atoms with Gasteiger partial charge in [0.25, 0.3) is 5.56 Å². The number of rotatable bonds is 9. The van der Waals surface area contributed by atoms with E-state index in [1.165, 1.54) is 10.6 Å². The van der Waals surface area contributed by atoms with Crippen molar-refractivity contribution in [3.8, 4) is 0 Å². The maximum Gasteiger partial charge on any atom is 0.332 e. The smallest absolute Gasteiger partial charge is 0.332 e. The van der Waals surface area contributed by atoms with Crippen molar-refractivity contribution >= 4 is 22.8 Å². The molecule has 0 radical (unpaired) electrons. The van der Waals surface area contributed by atoms with Crippen LogP contribution in [0.3, 0.4) is 0 Å². The number of imidazole rings is 1. The number of H-pyrrole nitrogens is 1. The molecule has 174 valence electrons. The van der Waals surface area contributed by atoms with E-state index in [-0.39, 0.29) is 29.4 Å². The van der Waals surface area contributed by atoms with Crippen molar-refractivity contribution in [1.82, 2.24) is 29.2 Å². The Morgan fingerprint density at radius 1 is 1.09 bits per heavy atom. The highest BCUT2D eigenvalue weighted by Gasteiger charge is 2.17. The van der Waals surface area contributed by atoms with E-state index < -0.39 is 22.9 Å². The van der Waals surface area contributed by atoms with Crippen LogP contribution >= 0.6 is 11.6 Å². The molecule has 1 N–H and O–H groups in total. The van der Waals surface area contributed by atoms with E-state index in [9.17, 15) is 18.4 Å². The second-order valence-corrected chi connectivity index (χ2v) is 7.96. The number of nitrogens with zero attached hydrogens (tertiary/aromatic N) is 5. The van der Waals surface area contributed by atoms with Gasteiger partial charge in [-0.05, 0) is 42.1 Å². The predicted molar refractivity (Wildman–Crippen MR) is 116 cm³/mol. The van der Waals surface area contributed by atoms with Crippen molar-refractivity contribution < 1.29 is 13.3 Å². The van der Waals surface area contributed by atoms with Crippen molar-refractivity contribution in [2.75, 3.05) is 0 Å². The third-order valence-electron chi connectivity index (χ3n) is 5.20. The lowest BCUT2D eigenvalue weighted by Gasteiger charge is -2.10. The lowest BCUT2D eigenvalue weighted by molar-refractivity contribution is 0.367. The fraction of sp³-hybridized carbons (Fsp3) is 0.381. The minimum atomic E-state index is -0.943. The Morgan fingerprint density at radius 2 is 1.88 bits per heavy atom. The Balaban J connectivity index is 1.47. The van der Waals surface area contributed by atoms with Crippen LogP contribution in [0.2, 0.25) is 5.28 Å². The van der Waals surface area contributed by atoms with Gasteiger partial charge in [0.15, 0.2) is 28.6 Å². The Kier molecular flexibility index (Phi) is 6.68. The van der Waals surface area contributed by atoms with Crippen LogP contribution < -0.4 is 11.2 Å². The highest BCUT2D eigenvalue weighted by molar-refractivity contribution is 6.28. The molecule has 33 heavy (non-hydrogen) atoms. The highest BCUT2D eigenvalue weighted by atomic mass is 35.5. The second kappa shape index (κ2) is 9.65. The van der Waals surface area contributed by atoms with Gasteiger partial charge in [-0.25, -0.2) is 13.6 Å². The van der Waals surface area contributed by atoms with E-state index in [0.29, 0.717) is 36.7 Å². The molecule has 1 aromatic carbocycles. The van der Waals surface area contributed by atoms with Gasteiger partial charge in [-0.3, -0.25) is 13.9 Å². The van der Waals surface area contributed by atoms with Crippen LogP contribution in [0.1, 0.15) is 43.5 Å². The number of halogens is 3. The zero-order valence-electron chi connectivity index (χ0n) is 17.8. The largest absolute Gasteiger partial charge is 0.339 e. The summed E-state index contributed by atoms with van der Waals surface area (Å²) in [4.78, 5) is 36.8. The number of aryl methyl sites for hydroxylation is 2. The summed E-state index contributed by atoms with van der Waals surface area (Å²) < 4.78 is 34.2. The number of aromatic nitrogens is 6. The summed E-state index contributed by atoms with van der Waals surface area (Å²) in [5.74, 6) is -1.23. The molecular weight excluding hydrogens is 458 g/mol. The maximum absolute atomic E-state index is 13.4. The van der Waals surface area contributed by atoms with E-state index in [1.54, 1.807) is 0 Å². The van der Waals surface area contributed by atoms with Crippen LogP contribution in [0.4, 0.5) is 8.78 Å². The number of unbranched alkanes of at least 4 members (excludes halogenated alkanes) is 1. The van der Waals surface area contributed by atoms with Crippen molar-refractivity contribution in [3.63, 3.8) is 0 Å². The molecule has 0 aliphatic rings. The zero-order valence-corrected chi connectivity index (χ0v) is 18.5. The molecule has 0 spiro atoms. The topological polar surface area (TPSA) is 112 Å². The number of aromatic amines is 1. The van der Waals surface area contributed by atoms with Gasteiger partial charge in [0.2, 0.25) is 11.2 Å². The summed E-state index contributed by atoms with van der Waals surface area (Å²) in [5, 5.41) is 3.90. The minimum Gasteiger partial charge on any atom is -0.339 e. The molecule has 0 saturated carbocycles. The Hall–Kier alpha value is -3.34. The summed E-state index contributed by atoms with van der Waals surface area (Å²) in [5.41, 5.74) is -0.00638. The fourth-order valence-corrected chi connectivity index (χ4v) is 3.71. The second-order valence-electron chi connectivity index (χ2n) is 7.60. The van der Waals surface area contributed by atoms with Crippen molar-refractivity contribution in [2.45, 2.75) is 52.1 Å². The molecule has 3 aromatic heterocycles.